The van der Waals surface area contributed by atoms with Crippen LogP contribution in [0.5, 0.6) is 0 Å². The van der Waals surface area contributed by atoms with E-state index < -0.39 is 6.04 Å². The zero-order valence-electron chi connectivity index (χ0n) is 12.4. The summed E-state index contributed by atoms with van der Waals surface area (Å²) in [5.74, 6) is -0.105. The summed E-state index contributed by atoms with van der Waals surface area (Å²) >= 11 is 0. The summed E-state index contributed by atoms with van der Waals surface area (Å²) in [5.41, 5.74) is 8.91. The number of nitrogens with two attached hydrogens (primary N) is 1. The Morgan fingerprint density at radius 2 is 2.11 bits per heavy atom. The van der Waals surface area contributed by atoms with Crippen LogP contribution in [0, 0.1) is 6.92 Å². The molecule has 1 amide bonds. The number of hydrogen-bond donors (Lipinski definition) is 2. The molecule has 0 aliphatic rings. The van der Waals surface area contributed by atoms with Gasteiger partial charge in [-0.2, -0.15) is 0 Å². The topological polar surface area (TPSA) is 58.4 Å². The van der Waals surface area contributed by atoms with Crippen molar-refractivity contribution in [2.75, 3.05) is 19.4 Å². The molecule has 1 rings (SSSR count). The minimum absolute atomic E-state index is 0.105. The smallest absolute Gasteiger partial charge is 0.241 e. The molecule has 0 aliphatic heterocycles. The van der Waals surface area contributed by atoms with Crippen molar-refractivity contribution in [2.45, 2.75) is 39.3 Å². The second-order valence-corrected chi connectivity index (χ2v) is 5.27. The van der Waals surface area contributed by atoms with E-state index in [0.717, 1.165) is 24.2 Å². The Bertz CT molecular complexity index is 429. The van der Waals surface area contributed by atoms with E-state index in [2.05, 4.69) is 16.3 Å². The summed E-state index contributed by atoms with van der Waals surface area (Å²) in [6.07, 6.45) is 1.62. The van der Waals surface area contributed by atoms with E-state index in [1.165, 1.54) is 5.56 Å². The van der Waals surface area contributed by atoms with Crippen LogP contribution in [0.25, 0.3) is 0 Å². The molecule has 1 unspecified atom stereocenters. The number of benzene rings is 1. The Labute approximate surface area is 116 Å². The maximum absolute atomic E-state index is 11.9. The van der Waals surface area contributed by atoms with Gasteiger partial charge in [0, 0.05) is 12.2 Å². The predicted octanol–water partition coefficient (Wildman–Crippen LogP) is 2.12. The highest BCUT2D eigenvalue weighted by Crippen LogP contribution is 2.18. The van der Waals surface area contributed by atoms with Crippen LogP contribution in [0.4, 0.5) is 5.69 Å². The number of rotatable bonds is 6. The SMILES string of the molecule is CCCC(N)C(=O)Nc1cc(CN(C)C)ccc1C. The molecule has 1 atom stereocenters. The Morgan fingerprint density at radius 1 is 1.42 bits per heavy atom. The summed E-state index contributed by atoms with van der Waals surface area (Å²) in [7, 11) is 4.05. The molecule has 1 aromatic carbocycles. The molecule has 19 heavy (non-hydrogen) atoms. The zero-order chi connectivity index (χ0) is 14.4. The van der Waals surface area contributed by atoms with Gasteiger partial charge < -0.3 is 16.0 Å². The number of aryl methyl sites for hydroxylation is 1. The normalized spacial score (nSPS) is 12.5. The molecular formula is C15H25N3O. The first kappa shape index (κ1) is 15.7. The van der Waals surface area contributed by atoms with Gasteiger partial charge in [-0.25, -0.2) is 0 Å². The van der Waals surface area contributed by atoms with E-state index in [4.69, 9.17) is 5.73 Å². The Morgan fingerprint density at radius 3 is 2.68 bits per heavy atom. The Kier molecular flexibility index (Phi) is 5.99. The summed E-state index contributed by atoms with van der Waals surface area (Å²) in [4.78, 5) is 14.0. The van der Waals surface area contributed by atoms with Crippen molar-refractivity contribution in [2.24, 2.45) is 5.73 Å². The molecule has 1 aromatic rings. The van der Waals surface area contributed by atoms with Crippen molar-refractivity contribution in [3.05, 3.63) is 29.3 Å². The molecule has 3 N–H and O–H groups in total. The lowest BCUT2D eigenvalue weighted by Crippen LogP contribution is -2.35. The number of anilines is 1. The van der Waals surface area contributed by atoms with E-state index in [1.54, 1.807) is 0 Å². The van der Waals surface area contributed by atoms with Gasteiger partial charge in [-0.3, -0.25) is 4.79 Å². The van der Waals surface area contributed by atoms with Gasteiger partial charge in [0.1, 0.15) is 0 Å². The summed E-state index contributed by atoms with van der Waals surface area (Å²) in [6.45, 7) is 4.86. The first-order valence-electron chi connectivity index (χ1n) is 6.74. The van der Waals surface area contributed by atoms with E-state index in [1.807, 2.05) is 40.1 Å². The summed E-state index contributed by atoms with van der Waals surface area (Å²) in [5, 5.41) is 2.93. The lowest BCUT2D eigenvalue weighted by atomic mass is 10.1. The molecule has 0 saturated carbocycles. The van der Waals surface area contributed by atoms with Crippen LogP contribution in [0.15, 0.2) is 18.2 Å². The number of nitrogens with zero attached hydrogens (tertiary/aromatic N) is 1. The van der Waals surface area contributed by atoms with Crippen molar-refractivity contribution in [3.8, 4) is 0 Å². The zero-order valence-corrected chi connectivity index (χ0v) is 12.4. The van der Waals surface area contributed by atoms with Crippen molar-refractivity contribution in [1.29, 1.82) is 0 Å². The minimum atomic E-state index is -0.429. The second-order valence-electron chi connectivity index (χ2n) is 5.27. The molecule has 0 aliphatic carbocycles. The highest BCUT2D eigenvalue weighted by atomic mass is 16.2. The fraction of sp³-hybridized carbons (Fsp3) is 0.533. The standard InChI is InChI=1S/C15H25N3O/c1-5-6-13(16)15(19)17-14-9-12(10-18(3)4)8-7-11(14)2/h7-9,13H,5-6,10,16H2,1-4H3,(H,17,19). The van der Waals surface area contributed by atoms with Crippen molar-refractivity contribution in [1.82, 2.24) is 4.90 Å². The third-order valence-corrected chi connectivity index (χ3v) is 3.00. The maximum atomic E-state index is 11.9. The average molecular weight is 263 g/mol. The van der Waals surface area contributed by atoms with Crippen molar-refractivity contribution in [3.63, 3.8) is 0 Å². The minimum Gasteiger partial charge on any atom is -0.324 e. The molecule has 4 heteroatoms. The van der Waals surface area contributed by atoms with Gasteiger partial charge in [0.2, 0.25) is 5.91 Å². The summed E-state index contributed by atoms with van der Waals surface area (Å²) < 4.78 is 0. The van der Waals surface area contributed by atoms with Crippen molar-refractivity contribution < 1.29 is 4.79 Å². The molecule has 0 saturated heterocycles. The lowest BCUT2D eigenvalue weighted by molar-refractivity contribution is -0.117. The first-order chi connectivity index (χ1) is 8.93. The van der Waals surface area contributed by atoms with Crippen LogP contribution in [0.2, 0.25) is 0 Å². The molecule has 0 spiro atoms. The maximum Gasteiger partial charge on any atom is 0.241 e. The van der Waals surface area contributed by atoms with Gasteiger partial charge in [0.25, 0.3) is 0 Å². The Hall–Kier alpha value is -1.39. The van der Waals surface area contributed by atoms with Gasteiger partial charge in [0.15, 0.2) is 0 Å². The second kappa shape index (κ2) is 7.26. The van der Waals surface area contributed by atoms with E-state index in [9.17, 15) is 4.79 Å². The van der Waals surface area contributed by atoms with Gasteiger partial charge >= 0.3 is 0 Å². The van der Waals surface area contributed by atoms with Crippen LogP contribution in [0.3, 0.4) is 0 Å². The molecule has 0 aromatic heterocycles. The van der Waals surface area contributed by atoms with Crippen LogP contribution in [0.1, 0.15) is 30.9 Å². The molecule has 0 heterocycles. The number of carbonyl (C=O) groups excluding carboxylic acids is 1. The van der Waals surface area contributed by atoms with Gasteiger partial charge in [0.05, 0.1) is 6.04 Å². The van der Waals surface area contributed by atoms with Crippen LogP contribution < -0.4 is 11.1 Å². The van der Waals surface area contributed by atoms with E-state index >= 15 is 0 Å². The molecule has 0 bridgehead atoms. The van der Waals surface area contributed by atoms with Crippen molar-refractivity contribution >= 4 is 11.6 Å². The lowest BCUT2D eigenvalue weighted by Gasteiger charge is -2.15. The highest BCUT2D eigenvalue weighted by Gasteiger charge is 2.13. The number of carbonyl (C=O) groups is 1. The molecular weight excluding hydrogens is 238 g/mol. The fourth-order valence-electron chi connectivity index (χ4n) is 1.93. The van der Waals surface area contributed by atoms with E-state index in [-0.39, 0.29) is 5.91 Å². The third-order valence-electron chi connectivity index (χ3n) is 3.00. The highest BCUT2D eigenvalue weighted by molar-refractivity contribution is 5.95. The number of hydrogen-bond acceptors (Lipinski definition) is 3. The number of nitrogens with one attached hydrogen (secondary N) is 1. The Balaban J connectivity index is 2.79. The molecule has 0 radical (unpaired) electrons. The van der Waals surface area contributed by atoms with E-state index in [0.29, 0.717) is 6.42 Å². The van der Waals surface area contributed by atoms with Crippen LogP contribution >= 0.6 is 0 Å². The largest absolute Gasteiger partial charge is 0.324 e. The predicted molar refractivity (Wildman–Crippen MR) is 80.1 cm³/mol. The van der Waals surface area contributed by atoms with Gasteiger partial charge in [-0.15, -0.1) is 0 Å². The van der Waals surface area contributed by atoms with Crippen LogP contribution in [-0.4, -0.2) is 30.9 Å². The monoisotopic (exact) mass is 263 g/mol. The van der Waals surface area contributed by atoms with Gasteiger partial charge in [-0.1, -0.05) is 25.5 Å². The quantitative estimate of drug-likeness (QED) is 0.826. The van der Waals surface area contributed by atoms with Gasteiger partial charge in [-0.05, 0) is 44.6 Å². The first-order valence-corrected chi connectivity index (χ1v) is 6.74. The third kappa shape index (κ3) is 5.01. The fourth-order valence-corrected chi connectivity index (χ4v) is 1.93. The average Bonchev–Trinajstić information content (AvgIpc) is 2.33. The molecule has 0 fully saturated rings. The summed E-state index contributed by atoms with van der Waals surface area (Å²) in [6, 6.07) is 5.70. The number of amides is 1. The molecule has 4 nitrogen and oxygen atoms in total. The van der Waals surface area contributed by atoms with Crippen LogP contribution in [-0.2, 0) is 11.3 Å². The molecule has 106 valence electrons.